The summed E-state index contributed by atoms with van der Waals surface area (Å²) in [5.74, 6) is 0.891. The van der Waals surface area contributed by atoms with Crippen LogP contribution in [0.5, 0.6) is 0 Å². The molecule has 0 atom stereocenters. The van der Waals surface area contributed by atoms with Crippen LogP contribution < -0.4 is 5.73 Å². The maximum absolute atomic E-state index is 6.36. The van der Waals surface area contributed by atoms with E-state index in [1.165, 1.54) is 51.4 Å². The zero-order chi connectivity index (χ0) is 7.73. The van der Waals surface area contributed by atoms with Crippen LogP contribution in [-0.2, 0) is 0 Å². The molecular formula is C10H19N. The van der Waals surface area contributed by atoms with E-state index in [1.54, 1.807) is 0 Å². The minimum absolute atomic E-state index is 0.274. The highest BCUT2D eigenvalue weighted by molar-refractivity contribution is 4.96. The molecule has 1 heteroatoms. The summed E-state index contributed by atoms with van der Waals surface area (Å²) < 4.78 is 0. The lowest BCUT2D eigenvalue weighted by molar-refractivity contribution is 0.123. The predicted molar refractivity (Wildman–Crippen MR) is 47.3 cm³/mol. The van der Waals surface area contributed by atoms with E-state index < -0.39 is 0 Å². The van der Waals surface area contributed by atoms with E-state index in [0.717, 1.165) is 5.92 Å². The first kappa shape index (κ1) is 7.60. The quantitative estimate of drug-likeness (QED) is 0.615. The Kier molecular flexibility index (Phi) is 1.92. The molecule has 2 saturated carbocycles. The van der Waals surface area contributed by atoms with Gasteiger partial charge in [0.05, 0.1) is 0 Å². The van der Waals surface area contributed by atoms with Crippen LogP contribution in [-0.4, -0.2) is 5.54 Å². The third-order valence-corrected chi connectivity index (χ3v) is 3.70. The van der Waals surface area contributed by atoms with Gasteiger partial charge in [0, 0.05) is 5.54 Å². The second-order valence-corrected chi connectivity index (χ2v) is 4.42. The van der Waals surface area contributed by atoms with E-state index >= 15 is 0 Å². The van der Waals surface area contributed by atoms with E-state index in [1.807, 2.05) is 0 Å². The van der Waals surface area contributed by atoms with Gasteiger partial charge in [0.15, 0.2) is 0 Å². The van der Waals surface area contributed by atoms with Crippen LogP contribution >= 0.6 is 0 Å². The summed E-state index contributed by atoms with van der Waals surface area (Å²) in [5, 5.41) is 0. The van der Waals surface area contributed by atoms with Crippen molar-refractivity contribution in [3.05, 3.63) is 0 Å². The average Bonchev–Trinajstić information content (AvgIpc) is 1.83. The number of hydrogen-bond donors (Lipinski definition) is 1. The lowest BCUT2D eigenvalue weighted by Gasteiger charge is -2.45. The van der Waals surface area contributed by atoms with E-state index in [-0.39, 0.29) is 5.54 Å². The first-order valence-electron chi connectivity index (χ1n) is 5.10. The molecule has 2 fully saturated rings. The zero-order valence-electron chi connectivity index (χ0n) is 7.31. The van der Waals surface area contributed by atoms with Crippen LogP contribution in [0.2, 0.25) is 0 Å². The average molecular weight is 153 g/mol. The Morgan fingerprint density at radius 1 is 0.909 bits per heavy atom. The molecule has 0 heterocycles. The first-order chi connectivity index (χ1) is 5.31. The molecule has 0 spiro atoms. The third kappa shape index (κ3) is 1.31. The number of hydrogen-bond acceptors (Lipinski definition) is 1. The van der Waals surface area contributed by atoms with Crippen LogP contribution in [0.3, 0.4) is 0 Å². The summed E-state index contributed by atoms with van der Waals surface area (Å²) in [6, 6.07) is 0. The van der Waals surface area contributed by atoms with E-state index in [0.29, 0.717) is 0 Å². The molecule has 0 aromatic heterocycles. The third-order valence-electron chi connectivity index (χ3n) is 3.70. The van der Waals surface area contributed by atoms with Gasteiger partial charge in [-0.2, -0.15) is 0 Å². The van der Waals surface area contributed by atoms with Crippen molar-refractivity contribution < 1.29 is 0 Å². The van der Waals surface area contributed by atoms with Gasteiger partial charge in [0.2, 0.25) is 0 Å². The number of nitrogens with two attached hydrogens (primary N) is 1. The maximum Gasteiger partial charge on any atom is 0.0182 e. The van der Waals surface area contributed by atoms with Gasteiger partial charge in [-0.05, 0) is 31.6 Å². The SMILES string of the molecule is NC1(C2CCC2)CCCCC1. The molecule has 0 aromatic carbocycles. The zero-order valence-corrected chi connectivity index (χ0v) is 7.31. The van der Waals surface area contributed by atoms with Crippen molar-refractivity contribution in [2.24, 2.45) is 11.7 Å². The monoisotopic (exact) mass is 153 g/mol. The molecular weight excluding hydrogens is 134 g/mol. The Labute approximate surface area is 69.4 Å². The molecule has 2 aliphatic rings. The largest absolute Gasteiger partial charge is 0.325 e. The van der Waals surface area contributed by atoms with Gasteiger partial charge in [-0.25, -0.2) is 0 Å². The molecule has 0 aliphatic heterocycles. The normalized spacial score (nSPS) is 31.4. The Balaban J connectivity index is 1.94. The fourth-order valence-corrected chi connectivity index (χ4v) is 2.60. The molecule has 64 valence electrons. The van der Waals surface area contributed by atoms with Crippen molar-refractivity contribution in [1.29, 1.82) is 0 Å². The smallest absolute Gasteiger partial charge is 0.0182 e. The van der Waals surface area contributed by atoms with Gasteiger partial charge in [-0.3, -0.25) is 0 Å². The molecule has 0 radical (unpaired) electrons. The summed E-state index contributed by atoms with van der Waals surface area (Å²) in [6.45, 7) is 0. The van der Waals surface area contributed by atoms with Gasteiger partial charge in [-0.15, -0.1) is 0 Å². The summed E-state index contributed by atoms with van der Waals surface area (Å²) >= 11 is 0. The Hall–Kier alpha value is -0.0400. The molecule has 0 aromatic rings. The first-order valence-corrected chi connectivity index (χ1v) is 5.10. The Morgan fingerprint density at radius 2 is 1.55 bits per heavy atom. The van der Waals surface area contributed by atoms with Gasteiger partial charge in [0.1, 0.15) is 0 Å². The number of rotatable bonds is 1. The van der Waals surface area contributed by atoms with Gasteiger partial charge >= 0.3 is 0 Å². The topological polar surface area (TPSA) is 26.0 Å². The van der Waals surface area contributed by atoms with Crippen LogP contribution in [0.4, 0.5) is 0 Å². The maximum atomic E-state index is 6.36. The Bertz CT molecular complexity index is 132. The molecule has 0 amide bonds. The summed E-state index contributed by atoms with van der Waals surface area (Å²) in [6.07, 6.45) is 11.1. The summed E-state index contributed by atoms with van der Waals surface area (Å²) in [4.78, 5) is 0. The molecule has 0 unspecified atom stereocenters. The van der Waals surface area contributed by atoms with E-state index in [4.69, 9.17) is 5.73 Å². The highest BCUT2D eigenvalue weighted by Crippen LogP contribution is 2.42. The van der Waals surface area contributed by atoms with Crippen molar-refractivity contribution in [3.8, 4) is 0 Å². The van der Waals surface area contributed by atoms with Crippen molar-refractivity contribution in [1.82, 2.24) is 0 Å². The second-order valence-electron chi connectivity index (χ2n) is 4.42. The summed E-state index contributed by atoms with van der Waals surface area (Å²) in [7, 11) is 0. The van der Waals surface area contributed by atoms with Crippen LogP contribution in [0.15, 0.2) is 0 Å². The van der Waals surface area contributed by atoms with Crippen molar-refractivity contribution in [2.45, 2.75) is 56.9 Å². The highest BCUT2D eigenvalue weighted by Gasteiger charge is 2.38. The van der Waals surface area contributed by atoms with Crippen molar-refractivity contribution >= 4 is 0 Å². The second kappa shape index (κ2) is 2.78. The lowest BCUT2D eigenvalue weighted by Crippen LogP contribution is -2.51. The fourth-order valence-electron chi connectivity index (χ4n) is 2.60. The molecule has 0 bridgehead atoms. The van der Waals surface area contributed by atoms with Gasteiger partial charge in [0.25, 0.3) is 0 Å². The molecule has 2 aliphatic carbocycles. The highest BCUT2D eigenvalue weighted by atomic mass is 14.8. The Morgan fingerprint density at radius 3 is 2.00 bits per heavy atom. The summed E-state index contributed by atoms with van der Waals surface area (Å²) in [5.41, 5.74) is 6.64. The van der Waals surface area contributed by atoms with Crippen molar-refractivity contribution in [3.63, 3.8) is 0 Å². The van der Waals surface area contributed by atoms with Crippen molar-refractivity contribution in [2.75, 3.05) is 0 Å². The van der Waals surface area contributed by atoms with Gasteiger partial charge in [-0.1, -0.05) is 25.7 Å². The standard InChI is InChI=1S/C10H19N/c11-10(9-5-4-6-9)7-2-1-3-8-10/h9H,1-8,11H2. The fraction of sp³-hybridized carbons (Fsp3) is 1.00. The molecule has 0 saturated heterocycles. The van der Waals surface area contributed by atoms with Crippen LogP contribution in [0.25, 0.3) is 0 Å². The van der Waals surface area contributed by atoms with E-state index in [2.05, 4.69) is 0 Å². The molecule has 11 heavy (non-hydrogen) atoms. The van der Waals surface area contributed by atoms with Gasteiger partial charge < -0.3 is 5.73 Å². The van der Waals surface area contributed by atoms with Crippen LogP contribution in [0.1, 0.15) is 51.4 Å². The minimum atomic E-state index is 0.274. The predicted octanol–water partition coefficient (Wildman–Crippen LogP) is 2.45. The van der Waals surface area contributed by atoms with E-state index in [9.17, 15) is 0 Å². The van der Waals surface area contributed by atoms with Crippen LogP contribution in [0, 0.1) is 5.92 Å². The minimum Gasteiger partial charge on any atom is -0.325 e. The molecule has 2 N–H and O–H groups in total. The molecule has 1 nitrogen and oxygen atoms in total. The lowest BCUT2D eigenvalue weighted by atomic mass is 9.65. The molecule has 2 rings (SSSR count).